The van der Waals surface area contributed by atoms with E-state index in [2.05, 4.69) is 4.99 Å². The number of benzene rings is 1. The van der Waals surface area contributed by atoms with Crippen LogP contribution in [0.1, 0.15) is 38.1 Å². The first-order valence-corrected chi connectivity index (χ1v) is 8.04. The molecule has 0 bridgehead atoms. The third kappa shape index (κ3) is 4.05. The summed E-state index contributed by atoms with van der Waals surface area (Å²) in [5, 5.41) is 0.492. The number of aliphatic imine (C=N–C) groups is 1. The molecule has 0 aromatic heterocycles. The van der Waals surface area contributed by atoms with Gasteiger partial charge in [-0.25, -0.2) is 4.99 Å². The number of rotatable bonds is 3. The van der Waals surface area contributed by atoms with Crippen LogP contribution >= 0.6 is 11.6 Å². The molecule has 0 atom stereocenters. The molecule has 120 valence electrons. The van der Waals surface area contributed by atoms with Gasteiger partial charge in [-0.3, -0.25) is 9.59 Å². The Morgan fingerprint density at radius 2 is 1.61 bits per heavy atom. The molecule has 4 heteroatoms. The molecule has 1 aliphatic carbocycles. The highest BCUT2D eigenvalue weighted by molar-refractivity contribution is 6.31. The number of Topliss-reactive ketones (excluding diaryl/α,β-unsaturated/α-hetero) is 1. The number of hydrogen-bond acceptors (Lipinski definition) is 2. The smallest absolute Gasteiger partial charge is 0.277 e. The van der Waals surface area contributed by atoms with E-state index in [1.165, 1.54) is 0 Å². The average molecular weight is 330 g/mol. The molecule has 1 aromatic carbocycles. The minimum Gasteiger partial charge on any atom is -0.289 e. The molecule has 23 heavy (non-hydrogen) atoms. The summed E-state index contributed by atoms with van der Waals surface area (Å²) in [6.07, 6.45) is 3.42. The van der Waals surface area contributed by atoms with Crippen molar-refractivity contribution in [2.45, 2.75) is 27.7 Å². The number of amides is 1. The van der Waals surface area contributed by atoms with Gasteiger partial charge in [0.05, 0.1) is 5.71 Å². The van der Waals surface area contributed by atoms with E-state index >= 15 is 0 Å². The Morgan fingerprint density at radius 3 is 2.09 bits per heavy atom. The lowest BCUT2D eigenvalue weighted by molar-refractivity contribution is -0.113. The second-order valence-corrected chi connectivity index (χ2v) is 6.63. The number of ketones is 1. The van der Waals surface area contributed by atoms with Crippen LogP contribution in [-0.4, -0.2) is 17.4 Å². The van der Waals surface area contributed by atoms with Gasteiger partial charge in [-0.05, 0) is 42.2 Å². The maximum Gasteiger partial charge on any atom is 0.277 e. The summed E-state index contributed by atoms with van der Waals surface area (Å²) in [5.74, 6) is -0.160. The van der Waals surface area contributed by atoms with Crippen LogP contribution in [0.4, 0.5) is 0 Å². The van der Waals surface area contributed by atoms with Crippen molar-refractivity contribution >= 4 is 29.0 Å². The monoisotopic (exact) mass is 329 g/mol. The van der Waals surface area contributed by atoms with Gasteiger partial charge in [0.15, 0.2) is 5.78 Å². The van der Waals surface area contributed by atoms with Crippen molar-refractivity contribution in [2.24, 2.45) is 16.8 Å². The highest BCUT2D eigenvalue weighted by Crippen LogP contribution is 2.25. The number of halogens is 1. The Kier molecular flexibility index (Phi) is 5.32. The molecular formula is C19H20ClNO2. The first-order chi connectivity index (χ1) is 10.8. The topological polar surface area (TPSA) is 46.5 Å². The van der Waals surface area contributed by atoms with Gasteiger partial charge < -0.3 is 0 Å². The van der Waals surface area contributed by atoms with E-state index in [4.69, 9.17) is 11.6 Å². The van der Waals surface area contributed by atoms with Gasteiger partial charge in [0.25, 0.3) is 5.91 Å². The van der Waals surface area contributed by atoms with Gasteiger partial charge in [-0.15, -0.1) is 0 Å². The largest absolute Gasteiger partial charge is 0.289 e. The molecule has 0 radical (unpaired) electrons. The molecule has 1 aromatic rings. The summed E-state index contributed by atoms with van der Waals surface area (Å²) in [6.45, 7) is 7.85. The van der Waals surface area contributed by atoms with Gasteiger partial charge in [0.2, 0.25) is 0 Å². The Hall–Kier alpha value is -2.00. The fourth-order valence-electron chi connectivity index (χ4n) is 2.38. The van der Waals surface area contributed by atoms with Crippen LogP contribution in [0.25, 0.3) is 0 Å². The molecule has 0 saturated heterocycles. The fraction of sp³-hybridized carbons (Fsp3) is 0.316. The Morgan fingerprint density at radius 1 is 1.04 bits per heavy atom. The normalized spacial score (nSPS) is 14.9. The Balaban J connectivity index is 2.43. The van der Waals surface area contributed by atoms with Crippen LogP contribution in [0.5, 0.6) is 0 Å². The highest BCUT2D eigenvalue weighted by Gasteiger charge is 2.25. The van der Waals surface area contributed by atoms with Crippen molar-refractivity contribution in [1.82, 2.24) is 0 Å². The van der Waals surface area contributed by atoms with Gasteiger partial charge in [-0.1, -0.05) is 45.4 Å². The van der Waals surface area contributed by atoms with Crippen molar-refractivity contribution in [2.75, 3.05) is 0 Å². The van der Waals surface area contributed by atoms with E-state index in [0.717, 1.165) is 0 Å². The molecule has 0 spiro atoms. The quantitative estimate of drug-likeness (QED) is 0.756. The number of carbonyl (C=O) groups is 2. The molecule has 0 aliphatic heterocycles. The summed E-state index contributed by atoms with van der Waals surface area (Å²) in [4.78, 5) is 28.9. The van der Waals surface area contributed by atoms with E-state index < -0.39 is 0 Å². The maximum atomic E-state index is 12.5. The van der Waals surface area contributed by atoms with Gasteiger partial charge >= 0.3 is 0 Å². The first kappa shape index (κ1) is 17.4. The molecule has 0 N–H and O–H groups in total. The third-order valence-electron chi connectivity index (χ3n) is 3.68. The predicted octanol–water partition coefficient (Wildman–Crippen LogP) is 4.67. The molecule has 0 unspecified atom stereocenters. The van der Waals surface area contributed by atoms with E-state index in [1.54, 1.807) is 36.4 Å². The molecule has 1 amide bonds. The summed E-state index contributed by atoms with van der Waals surface area (Å²) in [7, 11) is 0. The zero-order valence-corrected chi connectivity index (χ0v) is 14.5. The molecule has 3 nitrogen and oxygen atoms in total. The van der Waals surface area contributed by atoms with Crippen molar-refractivity contribution in [3.8, 4) is 0 Å². The first-order valence-electron chi connectivity index (χ1n) is 7.66. The number of carbonyl (C=O) groups excluding carboxylic acids is 2. The van der Waals surface area contributed by atoms with Crippen LogP contribution < -0.4 is 0 Å². The number of allylic oxidation sites excluding steroid dienone is 4. The van der Waals surface area contributed by atoms with Gasteiger partial charge in [0, 0.05) is 21.7 Å². The highest BCUT2D eigenvalue weighted by atomic mass is 35.5. The Bertz CT molecular complexity index is 709. The minimum absolute atomic E-state index is 0.0455. The second kappa shape index (κ2) is 7.05. The number of hydrogen-bond donors (Lipinski definition) is 0. The van der Waals surface area contributed by atoms with Gasteiger partial charge in [-0.2, -0.15) is 0 Å². The second-order valence-electron chi connectivity index (χ2n) is 6.19. The van der Waals surface area contributed by atoms with E-state index in [-0.39, 0.29) is 23.5 Å². The van der Waals surface area contributed by atoms with E-state index in [1.807, 2.05) is 27.7 Å². The summed E-state index contributed by atoms with van der Waals surface area (Å²) < 4.78 is 0. The lowest BCUT2D eigenvalue weighted by atomic mass is 9.84. The molecule has 0 saturated carbocycles. The summed E-state index contributed by atoms with van der Waals surface area (Å²) in [6, 6.07) is 6.68. The van der Waals surface area contributed by atoms with Crippen LogP contribution in [0.3, 0.4) is 0 Å². The summed E-state index contributed by atoms with van der Waals surface area (Å²) >= 11 is 5.91. The molecule has 2 rings (SSSR count). The van der Waals surface area contributed by atoms with E-state index in [9.17, 15) is 9.59 Å². The van der Waals surface area contributed by atoms with Crippen LogP contribution in [0.2, 0.25) is 5.02 Å². The van der Waals surface area contributed by atoms with Crippen molar-refractivity contribution in [3.63, 3.8) is 0 Å². The standard InChI is InChI=1S/C19H20ClNO2/c1-11(2)16-9-15(10-17(12(3)4)18(16)22)21-19(23)13-6-5-7-14(20)8-13/h5-12H,1-4H3. The third-order valence-corrected chi connectivity index (χ3v) is 3.91. The minimum atomic E-state index is -0.365. The fourth-order valence-corrected chi connectivity index (χ4v) is 2.57. The molecule has 0 heterocycles. The lowest BCUT2D eigenvalue weighted by Gasteiger charge is -2.19. The maximum absolute atomic E-state index is 12.5. The molecule has 0 fully saturated rings. The SMILES string of the molecule is CC(C)C1=CC(=NC(=O)c2cccc(Cl)c2)C=C(C(C)C)C1=O. The molecule has 1 aliphatic rings. The number of nitrogens with zero attached hydrogens (tertiary/aromatic N) is 1. The zero-order chi connectivity index (χ0) is 17.1. The van der Waals surface area contributed by atoms with Gasteiger partial charge in [0.1, 0.15) is 0 Å². The predicted molar refractivity (Wildman–Crippen MR) is 94.1 cm³/mol. The molecular weight excluding hydrogens is 310 g/mol. The average Bonchev–Trinajstić information content (AvgIpc) is 2.48. The van der Waals surface area contributed by atoms with Crippen LogP contribution in [0, 0.1) is 11.8 Å². The van der Waals surface area contributed by atoms with Crippen molar-refractivity contribution in [3.05, 3.63) is 58.1 Å². The van der Waals surface area contributed by atoms with Crippen LogP contribution in [-0.2, 0) is 4.79 Å². The Labute approximate surface area is 141 Å². The zero-order valence-electron chi connectivity index (χ0n) is 13.8. The lowest BCUT2D eigenvalue weighted by Crippen LogP contribution is -2.21. The summed E-state index contributed by atoms with van der Waals surface area (Å²) in [5.41, 5.74) is 2.32. The van der Waals surface area contributed by atoms with Crippen molar-refractivity contribution < 1.29 is 9.59 Å². The van der Waals surface area contributed by atoms with Crippen LogP contribution in [0.15, 0.2) is 52.6 Å². The van der Waals surface area contributed by atoms with Crippen molar-refractivity contribution in [1.29, 1.82) is 0 Å². The van der Waals surface area contributed by atoms with E-state index in [0.29, 0.717) is 27.4 Å².